The summed E-state index contributed by atoms with van der Waals surface area (Å²) in [5, 5.41) is 20.0. The molecule has 0 aliphatic rings. The molecule has 0 aromatic carbocycles. The predicted molar refractivity (Wildman–Crippen MR) is 99.6 cm³/mol. The number of carboxylic acid groups (broad SMARTS) is 1. The number of thioether (sulfide) groups is 1. The summed E-state index contributed by atoms with van der Waals surface area (Å²) in [5.74, 6) is -5.19. The molecule has 0 aliphatic carbocycles. The van der Waals surface area contributed by atoms with Gasteiger partial charge in [0.2, 0.25) is 11.7 Å². The highest BCUT2D eigenvalue weighted by Gasteiger charge is 2.24. The van der Waals surface area contributed by atoms with E-state index in [9.17, 15) is 34.1 Å². The quantitative estimate of drug-likeness (QED) is 0.0780. The Balaban J connectivity index is 4.33. The fourth-order valence-corrected chi connectivity index (χ4v) is 2.64. The van der Waals surface area contributed by atoms with Crippen LogP contribution in [0.4, 0.5) is 0 Å². The number of nitrogens with two attached hydrogens (primary N) is 1. The summed E-state index contributed by atoms with van der Waals surface area (Å²) in [7, 11) is 1.09. The van der Waals surface area contributed by atoms with Gasteiger partial charge in [0.15, 0.2) is 0 Å². The number of esters is 2. The minimum absolute atomic E-state index is 0.0229. The summed E-state index contributed by atoms with van der Waals surface area (Å²) in [6, 6.07) is -2.35. The minimum atomic E-state index is -1.27. The molecule has 0 heterocycles. The highest BCUT2D eigenvalue weighted by Crippen LogP contribution is 2.07. The van der Waals surface area contributed by atoms with Crippen LogP contribution in [0.2, 0.25) is 0 Å². The van der Waals surface area contributed by atoms with Crippen molar-refractivity contribution in [3.8, 4) is 0 Å². The molecule has 0 spiro atoms. The molecule has 30 heavy (non-hydrogen) atoms. The number of aliphatic carboxylic acids is 1. The van der Waals surface area contributed by atoms with Gasteiger partial charge < -0.3 is 30.5 Å². The molecular weight excluding hydrogens is 430 g/mol. The summed E-state index contributed by atoms with van der Waals surface area (Å²) in [4.78, 5) is 71.4. The van der Waals surface area contributed by atoms with E-state index in [-0.39, 0.29) is 44.0 Å². The van der Waals surface area contributed by atoms with Crippen LogP contribution < -0.4 is 11.1 Å². The van der Waals surface area contributed by atoms with Crippen molar-refractivity contribution in [3.63, 3.8) is 0 Å². The summed E-state index contributed by atoms with van der Waals surface area (Å²) >= 11 is 0.862. The molecule has 170 valence electrons. The number of hydrogen-bond acceptors (Lipinski definition) is 12. The van der Waals surface area contributed by atoms with E-state index < -0.39 is 46.8 Å². The lowest BCUT2D eigenvalue weighted by Gasteiger charge is -2.16. The number of nitrogens with one attached hydrogen (secondary N) is 1. The minimum Gasteiger partial charge on any atom is -0.480 e. The van der Waals surface area contributed by atoms with Gasteiger partial charge in [0.05, 0.1) is 26.1 Å². The van der Waals surface area contributed by atoms with Crippen LogP contribution in [-0.2, 0) is 38.3 Å². The van der Waals surface area contributed by atoms with Gasteiger partial charge in [0, 0.05) is 18.6 Å². The number of ether oxygens (including phenoxy) is 2. The number of Topliss-reactive ketones (excluding diaryl/α,β-unsaturated/α-hetero) is 1. The zero-order chi connectivity index (χ0) is 23.1. The maximum absolute atomic E-state index is 11.8. The van der Waals surface area contributed by atoms with E-state index >= 15 is 0 Å². The van der Waals surface area contributed by atoms with Crippen LogP contribution in [0.5, 0.6) is 0 Å². The SMILES string of the molecule is COC(=O)[C@H](CSCC(=O)C(=O)OCCCO[N+](=O)[O-])NC(=O)CC[C@H](N)C(=O)O. The smallest absolute Gasteiger partial charge is 0.375 e. The fourth-order valence-electron chi connectivity index (χ4n) is 1.76. The average molecular weight is 453 g/mol. The van der Waals surface area contributed by atoms with Crippen molar-refractivity contribution in [2.45, 2.75) is 31.3 Å². The van der Waals surface area contributed by atoms with Crippen molar-refractivity contribution in [3.05, 3.63) is 10.1 Å². The summed E-state index contributed by atoms with van der Waals surface area (Å²) in [6.07, 6.45) is -0.356. The third-order valence-electron chi connectivity index (χ3n) is 3.28. The Bertz CT molecular complexity index is 643. The van der Waals surface area contributed by atoms with Gasteiger partial charge in [0.25, 0.3) is 5.09 Å². The Morgan fingerprint density at radius 1 is 1.23 bits per heavy atom. The number of hydrogen-bond donors (Lipinski definition) is 3. The van der Waals surface area contributed by atoms with Crippen molar-refractivity contribution in [2.75, 3.05) is 31.8 Å². The Kier molecular flexibility index (Phi) is 13.5. The first-order valence-corrected chi connectivity index (χ1v) is 9.64. The number of carboxylic acids is 1. The second-order valence-corrected chi connectivity index (χ2v) is 6.64. The van der Waals surface area contributed by atoms with Gasteiger partial charge in [-0.1, -0.05) is 0 Å². The van der Waals surface area contributed by atoms with Crippen LogP contribution in [0.25, 0.3) is 0 Å². The van der Waals surface area contributed by atoms with Crippen LogP contribution in [-0.4, -0.2) is 83.7 Å². The van der Waals surface area contributed by atoms with Crippen molar-refractivity contribution in [1.82, 2.24) is 5.32 Å². The molecule has 1 amide bonds. The third-order valence-corrected chi connectivity index (χ3v) is 4.32. The first kappa shape index (κ1) is 27.1. The number of amides is 1. The van der Waals surface area contributed by atoms with E-state index in [4.69, 9.17) is 10.8 Å². The fraction of sp³-hybridized carbons (Fsp3) is 0.667. The van der Waals surface area contributed by atoms with Crippen LogP contribution in [0.3, 0.4) is 0 Å². The number of carbonyl (C=O) groups is 5. The van der Waals surface area contributed by atoms with E-state index in [0.717, 1.165) is 18.9 Å². The molecule has 0 radical (unpaired) electrons. The molecule has 14 nitrogen and oxygen atoms in total. The van der Waals surface area contributed by atoms with E-state index in [2.05, 4.69) is 19.6 Å². The van der Waals surface area contributed by atoms with Gasteiger partial charge >= 0.3 is 17.9 Å². The van der Waals surface area contributed by atoms with Gasteiger partial charge in [-0.05, 0) is 6.42 Å². The normalized spacial score (nSPS) is 12.2. The molecule has 0 fully saturated rings. The molecule has 0 saturated carbocycles. The Labute approximate surface area is 174 Å². The lowest BCUT2D eigenvalue weighted by molar-refractivity contribution is -0.757. The monoisotopic (exact) mass is 453 g/mol. The van der Waals surface area contributed by atoms with Crippen molar-refractivity contribution in [1.29, 1.82) is 0 Å². The van der Waals surface area contributed by atoms with Crippen molar-refractivity contribution in [2.24, 2.45) is 5.73 Å². The predicted octanol–water partition coefficient (Wildman–Crippen LogP) is -1.72. The van der Waals surface area contributed by atoms with Gasteiger partial charge in [-0.25, -0.2) is 9.59 Å². The standard InChI is InChI=1S/C15H23N3O11S/c1-27-14(23)10(17-12(20)4-3-9(16)13(21)22)7-30-8-11(19)15(24)28-5-2-6-29-18(25)26/h9-10H,2-8,16H2,1H3,(H,17,20)(H,21,22)/t9-,10-/m0/s1. The Morgan fingerprint density at radius 3 is 2.47 bits per heavy atom. The van der Waals surface area contributed by atoms with Crippen molar-refractivity contribution >= 4 is 41.4 Å². The third kappa shape index (κ3) is 12.5. The number of carbonyl (C=O) groups excluding carboxylic acids is 4. The molecular formula is C15H23N3O11S. The largest absolute Gasteiger partial charge is 0.480 e. The molecule has 0 bridgehead atoms. The van der Waals surface area contributed by atoms with E-state index in [1.165, 1.54) is 0 Å². The van der Waals surface area contributed by atoms with Crippen LogP contribution in [0, 0.1) is 10.1 Å². The second kappa shape index (κ2) is 15.0. The first-order chi connectivity index (χ1) is 14.1. The number of nitrogens with zero attached hydrogens (tertiary/aromatic N) is 1. The van der Waals surface area contributed by atoms with E-state index in [1.54, 1.807) is 0 Å². The maximum Gasteiger partial charge on any atom is 0.375 e. The molecule has 15 heteroatoms. The number of methoxy groups -OCH3 is 1. The summed E-state index contributed by atoms with van der Waals surface area (Å²) in [6.45, 7) is -0.538. The summed E-state index contributed by atoms with van der Waals surface area (Å²) < 4.78 is 9.18. The molecule has 0 unspecified atom stereocenters. The van der Waals surface area contributed by atoms with Gasteiger partial charge in [-0.15, -0.1) is 10.1 Å². The van der Waals surface area contributed by atoms with E-state index in [0.29, 0.717) is 0 Å². The lowest BCUT2D eigenvalue weighted by Crippen LogP contribution is -2.44. The molecule has 0 saturated heterocycles. The topological polar surface area (TPSA) is 214 Å². The molecule has 4 N–H and O–H groups in total. The molecule has 0 rings (SSSR count). The highest BCUT2D eigenvalue weighted by molar-refractivity contribution is 8.00. The summed E-state index contributed by atoms with van der Waals surface area (Å²) in [5.41, 5.74) is 5.29. The maximum atomic E-state index is 11.8. The molecule has 0 aliphatic heterocycles. The van der Waals surface area contributed by atoms with Gasteiger partial charge in [-0.2, -0.15) is 11.8 Å². The van der Waals surface area contributed by atoms with Crippen LogP contribution in [0.1, 0.15) is 19.3 Å². The first-order valence-electron chi connectivity index (χ1n) is 8.49. The number of ketones is 1. The van der Waals surface area contributed by atoms with E-state index in [1.807, 2.05) is 0 Å². The lowest BCUT2D eigenvalue weighted by atomic mass is 10.1. The number of rotatable bonds is 16. The van der Waals surface area contributed by atoms with Gasteiger partial charge in [-0.3, -0.25) is 14.4 Å². The molecule has 0 aromatic rings. The van der Waals surface area contributed by atoms with Crippen LogP contribution >= 0.6 is 11.8 Å². The molecule has 2 atom stereocenters. The highest BCUT2D eigenvalue weighted by atomic mass is 32.2. The molecule has 0 aromatic heterocycles. The Morgan fingerprint density at radius 2 is 1.90 bits per heavy atom. The zero-order valence-electron chi connectivity index (χ0n) is 16.1. The zero-order valence-corrected chi connectivity index (χ0v) is 16.9. The van der Waals surface area contributed by atoms with Crippen LogP contribution in [0.15, 0.2) is 0 Å². The average Bonchev–Trinajstić information content (AvgIpc) is 2.69. The van der Waals surface area contributed by atoms with Crippen molar-refractivity contribution < 1.29 is 48.5 Å². The Hall–Kier alpha value is -2.94. The second-order valence-electron chi connectivity index (χ2n) is 5.61. The van der Waals surface area contributed by atoms with Gasteiger partial charge in [0.1, 0.15) is 12.1 Å².